The zero-order chi connectivity index (χ0) is 23.7. The Labute approximate surface area is 192 Å². The van der Waals surface area contributed by atoms with Crippen LogP contribution in [0.15, 0.2) is 83.8 Å². The summed E-state index contributed by atoms with van der Waals surface area (Å²) in [6.45, 7) is 0.767. The minimum atomic E-state index is -3.78. The maximum atomic E-state index is 12.6. The van der Waals surface area contributed by atoms with Gasteiger partial charge in [0.25, 0.3) is 11.8 Å². The number of benzene rings is 3. The fourth-order valence-electron chi connectivity index (χ4n) is 3.01. The number of nitrogens with one attached hydrogen (secondary N) is 3. The summed E-state index contributed by atoms with van der Waals surface area (Å²) >= 11 is 0. The Morgan fingerprint density at radius 2 is 1.36 bits per heavy atom. The van der Waals surface area contributed by atoms with Crippen LogP contribution in [0, 0.1) is 0 Å². The first-order valence-electron chi connectivity index (χ1n) is 10.3. The van der Waals surface area contributed by atoms with Gasteiger partial charge in [0.2, 0.25) is 10.0 Å². The summed E-state index contributed by atoms with van der Waals surface area (Å²) in [5.74, 6) is -0.720. The number of amides is 2. The quantitative estimate of drug-likeness (QED) is 0.341. The summed E-state index contributed by atoms with van der Waals surface area (Å²) in [5.41, 5.74) is 1.39. The number of hydrogen-bond acceptors (Lipinski definition) is 5. The zero-order valence-electron chi connectivity index (χ0n) is 17.8. The highest BCUT2D eigenvalue weighted by molar-refractivity contribution is 7.89. The van der Waals surface area contributed by atoms with Gasteiger partial charge in [-0.15, -0.1) is 0 Å². The first-order valence-corrected chi connectivity index (χ1v) is 11.8. The van der Waals surface area contributed by atoms with E-state index in [-0.39, 0.29) is 28.7 Å². The summed E-state index contributed by atoms with van der Waals surface area (Å²) in [4.78, 5) is 24.4. The number of phenolic OH excluding ortho intramolecular Hbond substituents is 1. The summed E-state index contributed by atoms with van der Waals surface area (Å²) < 4.78 is 27.7. The molecule has 3 aromatic carbocycles. The molecule has 0 unspecified atom stereocenters. The van der Waals surface area contributed by atoms with Crippen LogP contribution in [-0.4, -0.2) is 38.4 Å². The second kappa shape index (κ2) is 11.3. The van der Waals surface area contributed by atoms with E-state index in [0.29, 0.717) is 25.1 Å². The Morgan fingerprint density at radius 3 is 2.00 bits per heavy atom. The van der Waals surface area contributed by atoms with E-state index in [1.807, 2.05) is 30.3 Å². The molecule has 0 aliphatic rings. The molecule has 4 N–H and O–H groups in total. The lowest BCUT2D eigenvalue weighted by Gasteiger charge is -2.10. The van der Waals surface area contributed by atoms with Gasteiger partial charge in [-0.2, -0.15) is 0 Å². The molecule has 0 bridgehead atoms. The summed E-state index contributed by atoms with van der Waals surface area (Å²) in [7, 11) is -3.78. The second-order valence-corrected chi connectivity index (χ2v) is 9.02. The van der Waals surface area contributed by atoms with Gasteiger partial charge >= 0.3 is 0 Å². The first-order chi connectivity index (χ1) is 15.8. The first kappa shape index (κ1) is 24.0. The molecule has 0 aliphatic carbocycles. The largest absolute Gasteiger partial charge is 0.508 e. The van der Waals surface area contributed by atoms with Gasteiger partial charge in [0, 0.05) is 30.8 Å². The van der Waals surface area contributed by atoms with Crippen molar-refractivity contribution in [2.24, 2.45) is 0 Å². The second-order valence-electron chi connectivity index (χ2n) is 7.25. The van der Waals surface area contributed by atoms with Crippen LogP contribution in [0.5, 0.6) is 5.75 Å². The molecule has 9 heteroatoms. The van der Waals surface area contributed by atoms with E-state index in [1.165, 1.54) is 36.4 Å². The Hall–Kier alpha value is -3.69. The SMILES string of the molecule is O=C(NCCCNC(=O)c1cccc(S(=O)(=O)NCc2ccccc2)c1)c1cccc(O)c1. The maximum Gasteiger partial charge on any atom is 0.251 e. The summed E-state index contributed by atoms with van der Waals surface area (Å²) in [5, 5.41) is 14.8. The smallest absolute Gasteiger partial charge is 0.251 e. The molecular formula is C24H25N3O5S. The Morgan fingerprint density at radius 1 is 0.758 bits per heavy atom. The number of phenols is 1. The van der Waals surface area contributed by atoms with Gasteiger partial charge in [-0.1, -0.05) is 42.5 Å². The highest BCUT2D eigenvalue weighted by Gasteiger charge is 2.16. The molecule has 3 aromatic rings. The molecule has 33 heavy (non-hydrogen) atoms. The van der Waals surface area contributed by atoms with Crippen LogP contribution in [0.25, 0.3) is 0 Å². The number of hydrogen-bond donors (Lipinski definition) is 4. The van der Waals surface area contributed by atoms with Crippen LogP contribution in [-0.2, 0) is 16.6 Å². The lowest BCUT2D eigenvalue weighted by molar-refractivity contribution is 0.0951. The number of carbonyl (C=O) groups is 2. The predicted octanol–water partition coefficient (Wildman–Crippen LogP) is 2.42. The average Bonchev–Trinajstić information content (AvgIpc) is 2.83. The third-order valence-electron chi connectivity index (χ3n) is 4.75. The molecule has 2 amide bonds. The molecule has 0 spiro atoms. The maximum absolute atomic E-state index is 12.6. The molecule has 0 aliphatic heterocycles. The minimum absolute atomic E-state index is 0.00413. The normalized spacial score (nSPS) is 11.0. The van der Waals surface area contributed by atoms with E-state index in [2.05, 4.69) is 15.4 Å². The number of sulfonamides is 1. The lowest BCUT2D eigenvalue weighted by Crippen LogP contribution is -2.30. The fourth-order valence-corrected chi connectivity index (χ4v) is 4.07. The standard InChI is InChI=1S/C24H25N3O5S/c28-21-11-4-9-19(15-21)23(29)25-13-6-14-26-24(30)20-10-5-12-22(16-20)33(31,32)27-17-18-7-2-1-3-8-18/h1-5,7-12,15-16,27-28H,6,13-14,17H2,(H,25,29)(H,26,30). The molecule has 0 aromatic heterocycles. The fraction of sp³-hybridized carbons (Fsp3) is 0.167. The highest BCUT2D eigenvalue weighted by Crippen LogP contribution is 2.13. The average molecular weight is 468 g/mol. The van der Waals surface area contributed by atoms with Crippen molar-refractivity contribution in [1.29, 1.82) is 0 Å². The molecular weight excluding hydrogens is 442 g/mol. The number of aromatic hydroxyl groups is 1. The van der Waals surface area contributed by atoms with Crippen molar-refractivity contribution in [3.05, 3.63) is 95.6 Å². The van der Waals surface area contributed by atoms with Gasteiger partial charge in [-0.25, -0.2) is 13.1 Å². The van der Waals surface area contributed by atoms with Crippen molar-refractivity contribution in [1.82, 2.24) is 15.4 Å². The van der Waals surface area contributed by atoms with Crippen molar-refractivity contribution < 1.29 is 23.1 Å². The molecule has 8 nitrogen and oxygen atoms in total. The van der Waals surface area contributed by atoms with E-state index in [0.717, 1.165) is 5.56 Å². The van der Waals surface area contributed by atoms with Crippen molar-refractivity contribution in [2.45, 2.75) is 17.9 Å². The van der Waals surface area contributed by atoms with Crippen LogP contribution in [0.1, 0.15) is 32.7 Å². The highest BCUT2D eigenvalue weighted by atomic mass is 32.2. The molecule has 0 atom stereocenters. The van der Waals surface area contributed by atoms with E-state index in [4.69, 9.17) is 0 Å². The molecule has 3 rings (SSSR count). The number of rotatable bonds is 10. The Bertz CT molecular complexity index is 1210. The van der Waals surface area contributed by atoms with Gasteiger partial charge in [-0.05, 0) is 48.4 Å². The predicted molar refractivity (Wildman–Crippen MR) is 124 cm³/mol. The molecule has 0 saturated carbocycles. The van der Waals surface area contributed by atoms with Crippen LogP contribution < -0.4 is 15.4 Å². The minimum Gasteiger partial charge on any atom is -0.508 e. The van der Waals surface area contributed by atoms with Crippen LogP contribution >= 0.6 is 0 Å². The molecule has 0 heterocycles. The summed E-state index contributed by atoms with van der Waals surface area (Å²) in [6, 6.07) is 21.0. The van der Waals surface area contributed by atoms with E-state index >= 15 is 0 Å². The van der Waals surface area contributed by atoms with E-state index < -0.39 is 15.9 Å². The van der Waals surface area contributed by atoms with Crippen molar-refractivity contribution in [3.63, 3.8) is 0 Å². The van der Waals surface area contributed by atoms with Crippen molar-refractivity contribution in [3.8, 4) is 5.75 Å². The molecule has 172 valence electrons. The van der Waals surface area contributed by atoms with Crippen LogP contribution in [0.2, 0.25) is 0 Å². The van der Waals surface area contributed by atoms with E-state index in [1.54, 1.807) is 12.1 Å². The molecule has 0 radical (unpaired) electrons. The topological polar surface area (TPSA) is 125 Å². The monoisotopic (exact) mass is 467 g/mol. The van der Waals surface area contributed by atoms with Gasteiger partial charge in [0.15, 0.2) is 0 Å². The van der Waals surface area contributed by atoms with Gasteiger partial charge in [0.05, 0.1) is 4.90 Å². The lowest BCUT2D eigenvalue weighted by atomic mass is 10.2. The van der Waals surface area contributed by atoms with Crippen LogP contribution in [0.4, 0.5) is 0 Å². The zero-order valence-corrected chi connectivity index (χ0v) is 18.6. The van der Waals surface area contributed by atoms with Gasteiger partial charge < -0.3 is 15.7 Å². The van der Waals surface area contributed by atoms with Gasteiger partial charge in [0.1, 0.15) is 5.75 Å². The van der Waals surface area contributed by atoms with Crippen molar-refractivity contribution >= 4 is 21.8 Å². The van der Waals surface area contributed by atoms with Crippen molar-refractivity contribution in [2.75, 3.05) is 13.1 Å². The van der Waals surface area contributed by atoms with Gasteiger partial charge in [-0.3, -0.25) is 9.59 Å². The van der Waals surface area contributed by atoms with Crippen LogP contribution in [0.3, 0.4) is 0 Å². The van der Waals surface area contributed by atoms with E-state index in [9.17, 15) is 23.1 Å². The number of carbonyl (C=O) groups excluding carboxylic acids is 2. The molecule has 0 saturated heterocycles. The Kier molecular flexibility index (Phi) is 8.17. The Balaban J connectivity index is 1.47. The molecule has 0 fully saturated rings. The third-order valence-corrected chi connectivity index (χ3v) is 6.15. The summed E-state index contributed by atoms with van der Waals surface area (Å²) in [6.07, 6.45) is 0.479. The third kappa shape index (κ3) is 7.16.